The van der Waals surface area contributed by atoms with Crippen molar-refractivity contribution in [3.63, 3.8) is 0 Å². The van der Waals surface area contributed by atoms with Crippen molar-refractivity contribution in [1.29, 1.82) is 0 Å². The van der Waals surface area contributed by atoms with E-state index >= 15 is 0 Å². The molecule has 0 fully saturated rings. The van der Waals surface area contributed by atoms with Crippen LogP contribution in [-0.2, 0) is 18.5 Å². The van der Waals surface area contributed by atoms with Gasteiger partial charge in [-0.05, 0) is 38.4 Å². The number of nitrogens with zero attached hydrogens (tertiary/aromatic N) is 1. The fourth-order valence-corrected chi connectivity index (χ4v) is 4.84. The lowest BCUT2D eigenvalue weighted by Gasteiger charge is -2.33. The summed E-state index contributed by atoms with van der Waals surface area (Å²) in [5, 5.41) is 6.13. The molecular weight excluding hydrogens is 327 g/mol. The third-order valence-electron chi connectivity index (χ3n) is 4.58. The highest BCUT2D eigenvalue weighted by Crippen LogP contribution is 2.49. The first-order valence-corrected chi connectivity index (χ1v) is 8.35. The lowest BCUT2D eigenvalue weighted by atomic mass is 9.86. The van der Waals surface area contributed by atoms with Gasteiger partial charge in [0.25, 0.3) is 0 Å². The van der Waals surface area contributed by atoms with Crippen LogP contribution in [0.3, 0.4) is 0 Å². The maximum atomic E-state index is 13.1. The molecule has 0 radical (unpaired) electrons. The largest absolute Gasteiger partial charge is 0.392 e. The number of aryl methyl sites for hydroxylation is 1. The first-order chi connectivity index (χ1) is 10.8. The van der Waals surface area contributed by atoms with E-state index in [4.69, 9.17) is 11.5 Å². The Bertz CT molecular complexity index is 639. The lowest BCUT2D eigenvalue weighted by molar-refractivity contribution is -0.176. The summed E-state index contributed by atoms with van der Waals surface area (Å²) in [7, 11) is 1.76. The highest BCUT2D eigenvalue weighted by molar-refractivity contribution is 7.13. The molecule has 0 saturated heterocycles. The molecule has 1 aromatic heterocycles. The molecule has 2 unspecified atom stereocenters. The average molecular weight is 347 g/mol. The SMILES string of the molecule is CNC1(CCN)N=C(N)Nc2c1sc1c2CC(C(F)(F)F)CC1. The van der Waals surface area contributed by atoms with Crippen molar-refractivity contribution in [2.24, 2.45) is 22.4 Å². The van der Waals surface area contributed by atoms with Crippen LogP contribution in [0, 0.1) is 5.92 Å². The van der Waals surface area contributed by atoms with Gasteiger partial charge in [0.1, 0.15) is 0 Å². The highest BCUT2D eigenvalue weighted by atomic mass is 32.1. The van der Waals surface area contributed by atoms with E-state index in [0.29, 0.717) is 25.1 Å². The number of guanidine groups is 1. The van der Waals surface area contributed by atoms with Crippen LogP contribution >= 0.6 is 11.3 Å². The fourth-order valence-electron chi connectivity index (χ4n) is 3.37. The average Bonchev–Trinajstić information content (AvgIpc) is 2.85. The second-order valence-corrected chi connectivity index (χ2v) is 7.07. The van der Waals surface area contributed by atoms with Crippen LogP contribution in [0.25, 0.3) is 0 Å². The Labute approximate surface area is 136 Å². The number of hydrogen-bond donors (Lipinski definition) is 4. The quantitative estimate of drug-likeness (QED) is 0.672. The summed E-state index contributed by atoms with van der Waals surface area (Å²) in [6.45, 7) is 0.394. The molecule has 2 atom stereocenters. The molecule has 1 aliphatic heterocycles. The zero-order valence-corrected chi connectivity index (χ0v) is 13.6. The number of hydrogen-bond acceptors (Lipinski definition) is 6. The Morgan fingerprint density at radius 1 is 1.48 bits per heavy atom. The van der Waals surface area contributed by atoms with Crippen molar-refractivity contribution in [2.75, 3.05) is 18.9 Å². The number of rotatable bonds is 3. The van der Waals surface area contributed by atoms with Crippen LogP contribution in [0.1, 0.15) is 28.2 Å². The molecule has 23 heavy (non-hydrogen) atoms. The van der Waals surface area contributed by atoms with Gasteiger partial charge in [0.15, 0.2) is 11.6 Å². The molecular formula is C14H20F3N5S. The predicted molar refractivity (Wildman–Crippen MR) is 85.5 cm³/mol. The normalized spacial score (nSPS) is 27.0. The Morgan fingerprint density at radius 3 is 2.83 bits per heavy atom. The van der Waals surface area contributed by atoms with Crippen LogP contribution in [0.15, 0.2) is 4.99 Å². The van der Waals surface area contributed by atoms with E-state index in [2.05, 4.69) is 15.6 Å². The number of anilines is 1. The fraction of sp³-hybridized carbons (Fsp3) is 0.643. The van der Waals surface area contributed by atoms with Gasteiger partial charge >= 0.3 is 6.18 Å². The van der Waals surface area contributed by atoms with Crippen molar-refractivity contribution in [3.05, 3.63) is 15.3 Å². The number of halogens is 3. The van der Waals surface area contributed by atoms with E-state index in [-0.39, 0.29) is 18.8 Å². The molecule has 128 valence electrons. The molecule has 6 N–H and O–H groups in total. The summed E-state index contributed by atoms with van der Waals surface area (Å²) in [6.07, 6.45) is -3.08. The van der Waals surface area contributed by atoms with Gasteiger partial charge in [0.2, 0.25) is 0 Å². The number of nitrogens with two attached hydrogens (primary N) is 2. The Balaban J connectivity index is 2.05. The van der Waals surface area contributed by atoms with Gasteiger partial charge in [-0.2, -0.15) is 13.2 Å². The summed E-state index contributed by atoms with van der Waals surface area (Å²) >= 11 is 1.51. The minimum atomic E-state index is -4.17. The van der Waals surface area contributed by atoms with Gasteiger partial charge in [-0.15, -0.1) is 11.3 Å². The van der Waals surface area contributed by atoms with Gasteiger partial charge in [-0.1, -0.05) is 0 Å². The number of alkyl halides is 3. The van der Waals surface area contributed by atoms with Gasteiger partial charge in [0, 0.05) is 11.3 Å². The van der Waals surface area contributed by atoms with Gasteiger partial charge < -0.3 is 16.8 Å². The van der Waals surface area contributed by atoms with Crippen molar-refractivity contribution in [3.8, 4) is 0 Å². The zero-order chi connectivity index (χ0) is 16.8. The van der Waals surface area contributed by atoms with Crippen LogP contribution in [0.5, 0.6) is 0 Å². The monoisotopic (exact) mass is 347 g/mol. The molecule has 1 aliphatic carbocycles. The molecule has 0 spiro atoms. The van der Waals surface area contributed by atoms with Crippen molar-refractivity contribution < 1.29 is 13.2 Å². The number of fused-ring (bicyclic) bond motifs is 3. The molecule has 2 heterocycles. The van der Waals surface area contributed by atoms with Crippen molar-refractivity contribution >= 4 is 23.0 Å². The summed E-state index contributed by atoms with van der Waals surface area (Å²) in [5.74, 6) is -1.09. The van der Waals surface area contributed by atoms with Crippen LogP contribution < -0.4 is 22.1 Å². The van der Waals surface area contributed by atoms with E-state index in [1.54, 1.807) is 7.05 Å². The summed E-state index contributed by atoms with van der Waals surface area (Å²) in [6, 6.07) is 0. The lowest BCUT2D eigenvalue weighted by Crippen LogP contribution is -2.45. The highest BCUT2D eigenvalue weighted by Gasteiger charge is 2.45. The molecule has 0 amide bonds. The van der Waals surface area contributed by atoms with Crippen LogP contribution in [0.2, 0.25) is 0 Å². The molecule has 2 aliphatic rings. The third kappa shape index (κ3) is 2.70. The van der Waals surface area contributed by atoms with E-state index in [9.17, 15) is 13.2 Å². The second-order valence-electron chi connectivity index (χ2n) is 5.96. The molecule has 9 heteroatoms. The minimum Gasteiger partial charge on any atom is -0.370 e. The maximum absolute atomic E-state index is 13.1. The second kappa shape index (κ2) is 5.64. The maximum Gasteiger partial charge on any atom is 0.392 e. The Morgan fingerprint density at radius 2 is 2.22 bits per heavy atom. The first kappa shape index (κ1) is 16.5. The molecule has 0 saturated carbocycles. The molecule has 3 rings (SSSR count). The molecule has 0 bridgehead atoms. The summed E-state index contributed by atoms with van der Waals surface area (Å²) in [4.78, 5) is 6.33. The van der Waals surface area contributed by atoms with Gasteiger partial charge in [-0.3, -0.25) is 5.32 Å². The molecule has 0 aromatic carbocycles. The smallest absolute Gasteiger partial charge is 0.370 e. The Kier molecular flexibility index (Phi) is 4.06. The standard InChI is InChI=1S/C14H20F3N5S/c1-20-13(4-5-18)11-10(21-12(19)22-13)8-6-7(14(15,16)17)2-3-9(8)23-11/h7,20H,2-6,18H2,1H3,(H3,19,21,22). The number of nitrogens with one attached hydrogen (secondary N) is 2. The number of thiophene rings is 1. The van der Waals surface area contributed by atoms with Crippen LogP contribution in [-0.4, -0.2) is 25.7 Å². The van der Waals surface area contributed by atoms with E-state index in [1.807, 2.05) is 0 Å². The number of aliphatic imine (C=N–C) groups is 1. The minimum absolute atomic E-state index is 0.00658. The van der Waals surface area contributed by atoms with Gasteiger partial charge in [-0.25, -0.2) is 4.99 Å². The van der Waals surface area contributed by atoms with Gasteiger partial charge in [0.05, 0.1) is 16.5 Å². The Hall–Kier alpha value is -1.32. The van der Waals surface area contributed by atoms with E-state index < -0.39 is 17.8 Å². The van der Waals surface area contributed by atoms with Crippen LogP contribution in [0.4, 0.5) is 18.9 Å². The van der Waals surface area contributed by atoms with E-state index in [1.165, 1.54) is 11.3 Å². The summed E-state index contributed by atoms with van der Waals surface area (Å²) in [5.41, 5.74) is 12.3. The topological polar surface area (TPSA) is 88.5 Å². The molecule has 5 nitrogen and oxygen atoms in total. The predicted octanol–water partition coefficient (Wildman–Crippen LogP) is 1.88. The van der Waals surface area contributed by atoms with E-state index in [0.717, 1.165) is 15.3 Å². The van der Waals surface area contributed by atoms with Crippen molar-refractivity contribution in [1.82, 2.24) is 5.32 Å². The third-order valence-corrected chi connectivity index (χ3v) is 6.03. The van der Waals surface area contributed by atoms with Crippen molar-refractivity contribution in [2.45, 2.75) is 37.5 Å². The zero-order valence-electron chi connectivity index (χ0n) is 12.8. The molecule has 1 aromatic rings. The first-order valence-electron chi connectivity index (χ1n) is 7.54. The summed E-state index contributed by atoms with van der Waals surface area (Å²) < 4.78 is 39.3.